The third-order valence-corrected chi connectivity index (χ3v) is 11.2. The van der Waals surface area contributed by atoms with Gasteiger partial charge < -0.3 is 42.6 Å². The van der Waals surface area contributed by atoms with Crippen molar-refractivity contribution in [3.05, 3.63) is 215 Å². The number of carbonyl (C=O) groups is 3. The van der Waals surface area contributed by atoms with Gasteiger partial charge >= 0.3 is 24.2 Å². The molecule has 8 rings (SSSR count). The van der Waals surface area contributed by atoms with E-state index in [4.69, 9.17) is 59.1 Å². The number of nitrogens with zero attached hydrogens (tertiary/aromatic N) is 7. The van der Waals surface area contributed by atoms with Crippen molar-refractivity contribution in [2.75, 3.05) is 47.7 Å². The zero-order chi connectivity index (χ0) is 59.7. The number of anilines is 1. The molecule has 24 heteroatoms. The molecule has 0 bridgehead atoms. The minimum Gasteiger partial charge on any atom is -0.503 e. The van der Waals surface area contributed by atoms with Crippen molar-refractivity contribution < 1.29 is 75.0 Å². The molecule has 83 heavy (non-hydrogen) atoms. The summed E-state index contributed by atoms with van der Waals surface area (Å²) in [5.41, 5.74) is 3.31. The van der Waals surface area contributed by atoms with Crippen LogP contribution in [0.2, 0.25) is 5.02 Å². The molecule has 428 valence electrons. The molecule has 0 unspecified atom stereocenters. The summed E-state index contributed by atoms with van der Waals surface area (Å²) in [6, 6.07) is 43.6. The monoisotopic (exact) mass is 1160 g/mol. The van der Waals surface area contributed by atoms with Gasteiger partial charge in [-0.05, 0) is 65.7 Å². The number of carbonyl (C=O) groups excluding carboxylic acids is 3. The van der Waals surface area contributed by atoms with Gasteiger partial charge in [-0.25, -0.2) is 34.0 Å². The van der Waals surface area contributed by atoms with Crippen LogP contribution in [0.5, 0.6) is 35.0 Å². The van der Waals surface area contributed by atoms with Gasteiger partial charge in [0, 0.05) is 34.5 Å². The molecule has 0 N–H and O–H groups in total. The number of rotatable bonds is 19. The van der Waals surface area contributed by atoms with Crippen molar-refractivity contribution in [2.45, 2.75) is 19.4 Å². The Labute approximate surface area is 478 Å². The Hall–Kier alpha value is -10.4. The van der Waals surface area contributed by atoms with E-state index in [1.165, 1.54) is 79.7 Å². The summed E-state index contributed by atoms with van der Waals surface area (Å²) in [5, 5.41) is 15.3. The standard InChI is InChI=1S/C22H17N3O5.C19H18ClN3O4.C18H16F3NO4/c1-27-13-17(22(26)28-2)16-8-4-6-10-19(16)30-21-11-20(24-14-25-21)29-18-9-5-3-7-15(18)12-23;1-25-19(24)23(26-2)17-6-4-3-5-14(17)13-27-18-11-12-22(21-18)16-9-7-15(20)8-10-16;1-24-11-14(17(23)25-2)13-7-4-3-6-12(13)10-26-16-9-5-8-15(22-16)18(19,20)21/h3-11,13-14H,1-2H3;3-12H,13H2,1-2H3;3-9,11H,10H2,1-2H3/b17-13+;;14-11+. The number of amides is 1. The van der Waals surface area contributed by atoms with E-state index in [1.807, 2.05) is 24.3 Å². The van der Waals surface area contributed by atoms with Crippen LogP contribution >= 0.6 is 11.6 Å². The van der Waals surface area contributed by atoms with E-state index in [-0.39, 0.29) is 42.0 Å². The average molecular weight is 1160 g/mol. The summed E-state index contributed by atoms with van der Waals surface area (Å²) in [6.07, 6.45) is 0.386. The number of benzene rings is 5. The van der Waals surface area contributed by atoms with Gasteiger partial charge in [-0.3, -0.25) is 4.84 Å². The molecular weight excluding hydrogens is 1110 g/mol. The third kappa shape index (κ3) is 17.5. The first kappa shape index (κ1) is 61.8. The third-order valence-electron chi connectivity index (χ3n) is 11.0. The summed E-state index contributed by atoms with van der Waals surface area (Å²) < 4.78 is 86.8. The van der Waals surface area contributed by atoms with Gasteiger partial charge in [0.15, 0.2) is 0 Å². The molecular formula is C59H51ClF3N7O13. The van der Waals surface area contributed by atoms with Crippen LogP contribution < -0.4 is 24.0 Å². The predicted molar refractivity (Wildman–Crippen MR) is 295 cm³/mol. The zero-order valence-corrected chi connectivity index (χ0v) is 45.9. The van der Waals surface area contributed by atoms with Gasteiger partial charge in [-0.1, -0.05) is 90.5 Å². The molecule has 0 radical (unpaired) electrons. The number of para-hydroxylation sites is 3. The smallest absolute Gasteiger partial charge is 0.438 e. The fraction of sp³-hybridized carbons (Fsp3) is 0.153. The van der Waals surface area contributed by atoms with E-state index in [1.54, 1.807) is 114 Å². The van der Waals surface area contributed by atoms with E-state index in [9.17, 15) is 32.8 Å². The van der Waals surface area contributed by atoms with Gasteiger partial charge in [0.25, 0.3) is 0 Å². The number of hydrogen-bond donors (Lipinski definition) is 0. The number of pyridine rings is 1. The fourth-order valence-corrected chi connectivity index (χ4v) is 7.28. The maximum Gasteiger partial charge on any atom is 0.438 e. The average Bonchev–Trinajstić information content (AvgIpc) is 4.04. The molecule has 5 aromatic carbocycles. The molecule has 1 amide bonds. The largest absolute Gasteiger partial charge is 0.503 e. The van der Waals surface area contributed by atoms with Crippen LogP contribution in [0, 0.1) is 11.3 Å². The molecule has 0 spiro atoms. The molecule has 0 aliphatic carbocycles. The minimum absolute atomic E-state index is 0.0947. The number of hydroxylamine groups is 1. The number of alkyl halides is 3. The summed E-state index contributed by atoms with van der Waals surface area (Å²) in [7, 11) is 8.01. The molecule has 3 heterocycles. The van der Waals surface area contributed by atoms with Gasteiger partial charge in [-0.15, -0.1) is 5.10 Å². The molecule has 20 nitrogen and oxygen atoms in total. The van der Waals surface area contributed by atoms with Crippen molar-refractivity contribution >= 4 is 46.5 Å². The Morgan fingerprint density at radius 3 is 1.82 bits per heavy atom. The number of halogens is 4. The summed E-state index contributed by atoms with van der Waals surface area (Å²) >= 11 is 5.91. The summed E-state index contributed by atoms with van der Waals surface area (Å²) in [4.78, 5) is 52.6. The molecule has 0 saturated carbocycles. The molecule has 0 aliphatic rings. The van der Waals surface area contributed by atoms with Crippen LogP contribution in [0.4, 0.5) is 23.7 Å². The Bertz CT molecular complexity index is 3580. The Kier molecular flexibility index (Phi) is 22.9. The molecule has 0 saturated heterocycles. The lowest BCUT2D eigenvalue weighted by molar-refractivity contribution is -0.141. The van der Waals surface area contributed by atoms with Crippen molar-refractivity contribution in [1.82, 2.24) is 24.7 Å². The van der Waals surface area contributed by atoms with Gasteiger partial charge in [0.2, 0.25) is 23.5 Å². The highest BCUT2D eigenvalue weighted by atomic mass is 35.5. The lowest BCUT2D eigenvalue weighted by Gasteiger charge is -2.20. The van der Waals surface area contributed by atoms with Crippen LogP contribution in [-0.4, -0.2) is 85.4 Å². The minimum atomic E-state index is -4.56. The lowest BCUT2D eigenvalue weighted by atomic mass is 10.0. The number of esters is 2. The van der Waals surface area contributed by atoms with E-state index >= 15 is 0 Å². The Morgan fingerprint density at radius 1 is 0.627 bits per heavy atom. The van der Waals surface area contributed by atoms with Gasteiger partial charge in [-0.2, -0.15) is 23.5 Å². The maximum absolute atomic E-state index is 12.7. The second-order valence-electron chi connectivity index (χ2n) is 16.3. The summed E-state index contributed by atoms with van der Waals surface area (Å²) in [6.45, 7) is 0.104. The quantitative estimate of drug-likeness (QED) is 0.0241. The molecule has 8 aromatic rings. The summed E-state index contributed by atoms with van der Waals surface area (Å²) in [5.74, 6) is 0.176. The van der Waals surface area contributed by atoms with Gasteiger partial charge in [0.05, 0.1) is 78.2 Å². The second kappa shape index (κ2) is 30.8. The van der Waals surface area contributed by atoms with Gasteiger partial charge in [0.1, 0.15) is 53.9 Å². The lowest BCUT2D eigenvalue weighted by Crippen LogP contribution is -2.30. The number of methoxy groups -OCH3 is 5. The van der Waals surface area contributed by atoms with Crippen molar-refractivity contribution in [3.63, 3.8) is 0 Å². The number of nitriles is 1. The Morgan fingerprint density at radius 2 is 1.19 bits per heavy atom. The van der Waals surface area contributed by atoms with Crippen LogP contribution in [0.3, 0.4) is 0 Å². The first-order valence-electron chi connectivity index (χ1n) is 24.2. The highest BCUT2D eigenvalue weighted by Gasteiger charge is 2.33. The molecule has 0 aliphatic heterocycles. The SMILES string of the molecule is CO/C=C(/C(=O)OC)c1ccccc1COc1cccc(C(F)(F)F)n1.CO/C=C(/C(=O)OC)c1ccccc1Oc1cc(Oc2ccccc2C#N)ncn1.COC(=O)N(OC)c1ccccc1COc1ccn(-c2ccc(Cl)cc2)n1. The first-order chi connectivity index (χ1) is 40.1. The number of ether oxygens (including phenoxy) is 9. The Balaban J connectivity index is 0.000000201. The highest BCUT2D eigenvalue weighted by molar-refractivity contribution is 6.30. The van der Waals surface area contributed by atoms with Crippen LogP contribution in [-0.2, 0) is 57.5 Å². The van der Waals surface area contributed by atoms with Crippen molar-refractivity contribution in [3.8, 4) is 46.8 Å². The topological polar surface area (TPSA) is 227 Å². The van der Waals surface area contributed by atoms with Crippen LogP contribution in [0.15, 0.2) is 177 Å². The molecule has 0 fully saturated rings. The van der Waals surface area contributed by atoms with Crippen molar-refractivity contribution in [1.29, 1.82) is 5.26 Å². The van der Waals surface area contributed by atoms with E-state index in [2.05, 4.69) is 26.1 Å². The first-order valence-corrected chi connectivity index (χ1v) is 24.6. The van der Waals surface area contributed by atoms with Crippen LogP contribution in [0.1, 0.15) is 33.5 Å². The zero-order valence-electron chi connectivity index (χ0n) is 45.1. The molecule has 3 aromatic heterocycles. The normalized spacial score (nSPS) is 11.0. The highest BCUT2D eigenvalue weighted by Crippen LogP contribution is 2.33. The molecule has 0 atom stereocenters. The number of aromatic nitrogens is 5. The maximum atomic E-state index is 12.7. The van der Waals surface area contributed by atoms with E-state index in [0.29, 0.717) is 50.3 Å². The second-order valence-corrected chi connectivity index (χ2v) is 16.7. The van der Waals surface area contributed by atoms with Crippen LogP contribution in [0.25, 0.3) is 16.8 Å². The van der Waals surface area contributed by atoms with Crippen molar-refractivity contribution in [2.24, 2.45) is 0 Å². The van der Waals surface area contributed by atoms with E-state index in [0.717, 1.165) is 22.4 Å². The predicted octanol–water partition coefficient (Wildman–Crippen LogP) is 12.2. The fourth-order valence-electron chi connectivity index (χ4n) is 7.16. The number of hydrogen-bond acceptors (Lipinski definition) is 18. The van der Waals surface area contributed by atoms with E-state index < -0.39 is 29.9 Å².